The molecule has 0 amide bonds. The van der Waals surface area contributed by atoms with Gasteiger partial charge in [0.05, 0.1) is 5.69 Å². The molecule has 2 aliphatic heterocycles. The van der Waals surface area contributed by atoms with Crippen LogP contribution in [0.5, 0.6) is 0 Å². The molecule has 13 aromatic carbocycles. The van der Waals surface area contributed by atoms with Crippen LogP contribution < -0.4 is 9.80 Å². The molecular weight excluding hydrogens is 1360 g/mol. The Hall–Kier alpha value is -11.7. The van der Waals surface area contributed by atoms with Gasteiger partial charge in [-0.2, -0.15) is 0 Å². The van der Waals surface area contributed by atoms with Crippen molar-refractivity contribution in [1.29, 1.82) is 0 Å². The molecule has 476 valence electrons. The number of benzene rings is 13. The summed E-state index contributed by atoms with van der Waals surface area (Å²) in [5.41, 5.74) is 28.8. The first-order chi connectivity index (χ1) is 49.8. The molecule has 0 saturated carbocycles. The molecule has 0 atom stereocenters. The average molecular weight is 1420 g/mol. The van der Waals surface area contributed by atoms with E-state index in [0.29, 0.717) is 17.5 Å². The van der Waals surface area contributed by atoms with Crippen molar-refractivity contribution >= 4 is 84.9 Å². The van der Waals surface area contributed by atoms with E-state index in [1.165, 1.54) is 61.2 Å². The molecule has 1 spiro atoms. The van der Waals surface area contributed by atoms with Crippen LogP contribution in [0, 0.1) is 0 Å². The van der Waals surface area contributed by atoms with E-state index in [0.717, 1.165) is 95.0 Å². The topological polar surface area (TPSA) is 50.1 Å². The van der Waals surface area contributed by atoms with Crippen LogP contribution in [0.2, 0.25) is 0 Å². The second-order valence-corrected chi connectivity index (χ2v) is 30.9. The molecule has 4 aromatic heterocycles. The Morgan fingerprint density at radius 2 is 0.723 bits per heavy atom. The predicted octanol–water partition coefficient (Wildman–Crippen LogP) is 23.0. The fraction of sp³-hybridized carbons (Fsp3) is 0.0430. The van der Waals surface area contributed by atoms with Crippen molar-refractivity contribution in [2.45, 2.75) is 24.7 Å². The molecular formula is C93H62N6Se2. The third kappa shape index (κ3) is 9.34. The zero-order chi connectivity index (χ0) is 66.9. The molecule has 0 saturated heterocycles. The van der Waals surface area contributed by atoms with Crippen LogP contribution in [0.15, 0.2) is 337 Å². The average Bonchev–Trinajstić information content (AvgIpc) is 1.53. The number of para-hydroxylation sites is 4. The second kappa shape index (κ2) is 23.5. The van der Waals surface area contributed by atoms with Gasteiger partial charge in [-0.1, -0.05) is 172 Å². The van der Waals surface area contributed by atoms with Gasteiger partial charge in [-0.15, -0.1) is 0 Å². The van der Waals surface area contributed by atoms with Crippen LogP contribution in [0.25, 0.3) is 115 Å². The summed E-state index contributed by atoms with van der Waals surface area (Å²) in [7, 11) is 0. The van der Waals surface area contributed by atoms with Crippen molar-refractivity contribution in [3.8, 4) is 93.2 Å². The van der Waals surface area contributed by atoms with Gasteiger partial charge in [0.25, 0.3) is 0 Å². The molecule has 6 heterocycles. The van der Waals surface area contributed by atoms with Crippen LogP contribution in [-0.4, -0.2) is 48.5 Å². The number of hydrogen-bond acceptors (Lipinski definition) is 5. The predicted molar refractivity (Wildman–Crippen MR) is 418 cm³/mol. The second-order valence-electron chi connectivity index (χ2n) is 27.1. The summed E-state index contributed by atoms with van der Waals surface area (Å²) in [5, 5.41) is 2.39. The number of hydrogen-bond donors (Lipinski definition) is 0. The van der Waals surface area contributed by atoms with Gasteiger partial charge in [0, 0.05) is 16.8 Å². The summed E-state index contributed by atoms with van der Waals surface area (Å²) in [6, 6.07) is 120. The molecule has 3 aliphatic rings. The van der Waals surface area contributed by atoms with E-state index in [1.807, 2.05) is 0 Å². The van der Waals surface area contributed by atoms with E-state index in [-0.39, 0.29) is 34.4 Å². The zero-order valence-corrected chi connectivity index (χ0v) is 58.8. The number of fused-ring (bicyclic) bond motifs is 15. The zero-order valence-electron chi connectivity index (χ0n) is 55.3. The standard InChI is InChI=1S/C93H62N6Se2/c1-92(2)74-38-19-22-41-81(74)97(70-34-16-7-17-35-70)83-45-43-72(58-79(83)92)98-80-40-21-18-37-73(80)85-84(98)46-44-76-86(85)99(82-42-23-20-39-75(82)93(76)77-47-49-100-87(77)88-78(93)48-50-101-88)71-36-24-33-63(57-71)89-94-90(68-53-64(59-25-8-3-9-26-59)51-65(54-68)60-27-10-4-11-28-60)96-91(95-89)69-55-66(61-29-12-5-13-30-61)52-67(56-69)62-31-14-6-15-32-62/h3-58H,1-2H3. The van der Waals surface area contributed by atoms with Gasteiger partial charge in [-0.3, -0.25) is 0 Å². The molecule has 0 bridgehead atoms. The van der Waals surface area contributed by atoms with E-state index in [9.17, 15) is 0 Å². The molecule has 20 rings (SSSR count). The number of aromatic nitrogens is 4. The minimum absolute atomic E-state index is 0.227. The molecule has 0 radical (unpaired) electrons. The molecule has 1 aliphatic carbocycles. The van der Waals surface area contributed by atoms with E-state index < -0.39 is 5.41 Å². The summed E-state index contributed by atoms with van der Waals surface area (Å²) in [6.45, 7) is 4.78. The van der Waals surface area contributed by atoms with Crippen LogP contribution >= 0.6 is 0 Å². The summed E-state index contributed by atoms with van der Waals surface area (Å²) in [4.78, 5) is 26.9. The Morgan fingerprint density at radius 3 is 1.29 bits per heavy atom. The molecule has 6 nitrogen and oxygen atoms in total. The quantitative estimate of drug-likeness (QED) is 0.128. The van der Waals surface area contributed by atoms with Gasteiger partial charge in [-0.05, 0) is 105 Å². The van der Waals surface area contributed by atoms with Gasteiger partial charge in [-0.25, -0.2) is 4.98 Å². The van der Waals surface area contributed by atoms with E-state index in [2.05, 4.69) is 366 Å². The van der Waals surface area contributed by atoms with E-state index in [1.54, 1.807) is 8.87 Å². The third-order valence-electron chi connectivity index (χ3n) is 21.1. The molecule has 17 aromatic rings. The summed E-state index contributed by atoms with van der Waals surface area (Å²) < 4.78 is 5.64. The first kappa shape index (κ1) is 59.3. The Kier molecular flexibility index (Phi) is 13.8. The van der Waals surface area contributed by atoms with Crippen molar-refractivity contribution in [3.63, 3.8) is 0 Å². The number of rotatable bonds is 10. The van der Waals surface area contributed by atoms with Crippen molar-refractivity contribution < 1.29 is 0 Å². The van der Waals surface area contributed by atoms with E-state index >= 15 is 0 Å². The fourth-order valence-electron chi connectivity index (χ4n) is 16.6. The van der Waals surface area contributed by atoms with Crippen LogP contribution in [0.4, 0.5) is 34.1 Å². The SMILES string of the molecule is CC1(C)c2ccccc2N(c2ccccc2)c2ccc(-n3c4ccccc4c4c5c(ccc43)C3(c4ccccc4N5c4cccc(-c5nc(-c6cc(-c7ccccc7)cc(-c7ccccc7)c6)nc(-c6cc(-c7ccccc7)cc(-c7ccccc7)c6)n5)c4)c4cc[se]c4-c4[se]ccc43)cc21. The first-order valence-corrected chi connectivity index (χ1v) is 38.1. The van der Waals surface area contributed by atoms with Gasteiger partial charge >= 0.3 is 294 Å². The monoisotopic (exact) mass is 1420 g/mol. The Bertz CT molecular complexity index is 5830. The van der Waals surface area contributed by atoms with Crippen LogP contribution in [0.3, 0.4) is 0 Å². The summed E-state index contributed by atoms with van der Waals surface area (Å²) in [5.74, 6) is 1.73. The van der Waals surface area contributed by atoms with Crippen LogP contribution in [0.1, 0.15) is 47.2 Å². The Labute approximate surface area is 598 Å². The minimum atomic E-state index is -0.548. The Balaban J connectivity index is 0.831. The van der Waals surface area contributed by atoms with Gasteiger partial charge in [0.15, 0.2) is 0 Å². The van der Waals surface area contributed by atoms with Crippen molar-refractivity contribution in [3.05, 3.63) is 371 Å². The molecule has 0 N–H and O–H groups in total. The summed E-state index contributed by atoms with van der Waals surface area (Å²) in [6.07, 6.45) is 0. The Morgan fingerprint density at radius 1 is 0.277 bits per heavy atom. The van der Waals surface area contributed by atoms with Gasteiger partial charge in [0.2, 0.25) is 0 Å². The van der Waals surface area contributed by atoms with Crippen molar-refractivity contribution in [1.82, 2.24) is 19.5 Å². The molecule has 8 heteroatoms. The van der Waals surface area contributed by atoms with Gasteiger partial charge < -0.3 is 4.90 Å². The summed E-state index contributed by atoms with van der Waals surface area (Å²) >= 11 is 0.454. The van der Waals surface area contributed by atoms with Gasteiger partial charge in [0.1, 0.15) is 0 Å². The molecule has 0 fully saturated rings. The van der Waals surface area contributed by atoms with Crippen molar-refractivity contribution in [2.24, 2.45) is 0 Å². The van der Waals surface area contributed by atoms with Crippen molar-refractivity contribution in [2.75, 3.05) is 9.80 Å². The molecule has 101 heavy (non-hydrogen) atoms. The maximum absolute atomic E-state index is 5.67. The normalized spacial score (nSPS) is 13.6. The number of nitrogens with zero attached hydrogens (tertiary/aromatic N) is 6. The maximum atomic E-state index is 5.67. The number of anilines is 6. The molecule has 0 unspecified atom stereocenters. The first-order valence-electron chi connectivity index (χ1n) is 34.4. The van der Waals surface area contributed by atoms with Crippen LogP contribution in [-0.2, 0) is 10.8 Å². The fourth-order valence-corrected chi connectivity index (χ4v) is 21.4. The third-order valence-corrected chi connectivity index (χ3v) is 25.7. The van der Waals surface area contributed by atoms with E-state index in [4.69, 9.17) is 15.0 Å².